The van der Waals surface area contributed by atoms with Crippen molar-refractivity contribution in [2.45, 2.75) is 27.0 Å². The predicted octanol–water partition coefficient (Wildman–Crippen LogP) is 4.98. The van der Waals surface area contributed by atoms with Crippen LogP contribution >= 0.6 is 0 Å². The molecule has 0 unspecified atom stereocenters. The Morgan fingerprint density at radius 1 is 0.871 bits per heavy atom. The van der Waals surface area contributed by atoms with Gasteiger partial charge in [-0.25, -0.2) is 4.79 Å². The van der Waals surface area contributed by atoms with Gasteiger partial charge in [-0.3, -0.25) is 9.69 Å². The van der Waals surface area contributed by atoms with E-state index >= 15 is 0 Å². The van der Waals surface area contributed by atoms with Crippen molar-refractivity contribution in [3.63, 3.8) is 0 Å². The first kappa shape index (κ1) is 20.4. The average molecular weight is 412 g/mol. The summed E-state index contributed by atoms with van der Waals surface area (Å²) in [6.45, 7) is 4.67. The number of aryl methyl sites for hydroxylation is 2. The molecule has 1 heterocycles. The lowest BCUT2D eigenvalue weighted by atomic mass is 10.1. The second-order valence-corrected chi connectivity index (χ2v) is 7.68. The molecule has 1 fully saturated rings. The molecule has 5 nitrogen and oxygen atoms in total. The lowest BCUT2D eigenvalue weighted by Crippen LogP contribution is -2.30. The van der Waals surface area contributed by atoms with Gasteiger partial charge in [0.25, 0.3) is 5.91 Å². The van der Waals surface area contributed by atoms with Crippen LogP contribution in [0.4, 0.5) is 4.79 Å². The molecular formula is C26H24N2O3. The summed E-state index contributed by atoms with van der Waals surface area (Å²) < 4.78 is 5.99. The predicted molar refractivity (Wildman–Crippen MR) is 120 cm³/mol. The number of hydrogen-bond acceptors (Lipinski definition) is 3. The van der Waals surface area contributed by atoms with Crippen molar-refractivity contribution in [2.24, 2.45) is 0 Å². The Labute approximate surface area is 182 Å². The van der Waals surface area contributed by atoms with E-state index in [1.54, 1.807) is 6.08 Å². The first-order chi connectivity index (χ1) is 15.0. The second kappa shape index (κ2) is 8.88. The molecule has 0 aromatic heterocycles. The number of ether oxygens (including phenoxy) is 1. The monoisotopic (exact) mass is 412 g/mol. The van der Waals surface area contributed by atoms with Crippen molar-refractivity contribution >= 4 is 18.0 Å². The maximum atomic E-state index is 12.9. The number of rotatable bonds is 6. The van der Waals surface area contributed by atoms with Crippen LogP contribution in [0.1, 0.15) is 27.8 Å². The number of urea groups is 1. The van der Waals surface area contributed by atoms with Crippen molar-refractivity contribution in [2.75, 3.05) is 0 Å². The Morgan fingerprint density at radius 3 is 2.42 bits per heavy atom. The largest absolute Gasteiger partial charge is 0.488 e. The summed E-state index contributed by atoms with van der Waals surface area (Å²) in [6.07, 6.45) is 1.67. The molecule has 3 aromatic carbocycles. The van der Waals surface area contributed by atoms with E-state index in [0.717, 1.165) is 22.3 Å². The van der Waals surface area contributed by atoms with Gasteiger partial charge in [-0.1, -0.05) is 77.9 Å². The molecule has 5 heteroatoms. The van der Waals surface area contributed by atoms with Crippen molar-refractivity contribution in [3.8, 4) is 5.75 Å². The molecule has 31 heavy (non-hydrogen) atoms. The molecule has 1 saturated heterocycles. The number of carbonyl (C=O) groups is 2. The Hall–Kier alpha value is -3.86. The Morgan fingerprint density at radius 2 is 1.65 bits per heavy atom. The van der Waals surface area contributed by atoms with E-state index in [9.17, 15) is 9.59 Å². The fourth-order valence-electron chi connectivity index (χ4n) is 3.44. The number of nitrogens with one attached hydrogen (secondary N) is 1. The lowest BCUT2D eigenvalue weighted by molar-refractivity contribution is -0.123. The van der Waals surface area contributed by atoms with E-state index in [4.69, 9.17) is 4.74 Å². The second-order valence-electron chi connectivity index (χ2n) is 7.68. The summed E-state index contributed by atoms with van der Waals surface area (Å²) in [5, 5.41) is 2.69. The highest BCUT2D eigenvalue weighted by Gasteiger charge is 2.33. The minimum absolute atomic E-state index is 0.231. The third-order valence-electron chi connectivity index (χ3n) is 5.12. The summed E-state index contributed by atoms with van der Waals surface area (Å²) in [5.41, 5.74) is 5.22. The molecule has 156 valence electrons. The molecule has 1 aliphatic heterocycles. The number of carbonyl (C=O) groups excluding carboxylic acids is 2. The molecule has 3 amide bonds. The minimum Gasteiger partial charge on any atom is -0.488 e. The Bertz CT molecular complexity index is 1150. The highest BCUT2D eigenvalue weighted by Crippen LogP contribution is 2.24. The minimum atomic E-state index is -0.421. The molecule has 3 aromatic rings. The molecule has 1 aliphatic rings. The zero-order valence-electron chi connectivity index (χ0n) is 17.6. The fraction of sp³-hybridized carbons (Fsp3) is 0.154. The van der Waals surface area contributed by atoms with Gasteiger partial charge in [0.05, 0.1) is 6.54 Å². The van der Waals surface area contributed by atoms with Gasteiger partial charge >= 0.3 is 6.03 Å². The molecule has 0 spiro atoms. The van der Waals surface area contributed by atoms with Crippen molar-refractivity contribution in [3.05, 3.63) is 106 Å². The number of nitrogens with zero attached hydrogens (tertiary/aromatic N) is 1. The van der Waals surface area contributed by atoms with Crippen LogP contribution in [0.5, 0.6) is 5.75 Å². The van der Waals surface area contributed by atoms with E-state index in [1.165, 1.54) is 10.5 Å². The standard InChI is InChI=1S/C26H24N2O3/c1-18-10-12-20(13-11-18)17-31-24-9-4-3-8-22(24)15-23-25(29)28(26(30)27-23)16-21-7-5-6-19(2)14-21/h3-15H,16-17H2,1-2H3,(H,27,30)/b23-15+. The number of para-hydroxylation sites is 1. The maximum Gasteiger partial charge on any atom is 0.329 e. The molecule has 4 rings (SSSR count). The zero-order chi connectivity index (χ0) is 21.8. The van der Waals surface area contributed by atoms with Crippen LogP contribution < -0.4 is 10.1 Å². The Balaban J connectivity index is 1.51. The number of hydrogen-bond donors (Lipinski definition) is 1. The first-order valence-electron chi connectivity index (χ1n) is 10.2. The third-order valence-corrected chi connectivity index (χ3v) is 5.12. The van der Waals surface area contributed by atoms with Crippen LogP contribution in [-0.2, 0) is 17.9 Å². The summed E-state index contributed by atoms with van der Waals surface area (Å²) in [6, 6.07) is 23.0. The summed E-state index contributed by atoms with van der Waals surface area (Å²) in [5.74, 6) is 0.301. The highest BCUT2D eigenvalue weighted by atomic mass is 16.5. The highest BCUT2D eigenvalue weighted by molar-refractivity contribution is 6.14. The van der Waals surface area contributed by atoms with Crippen LogP contribution in [0.3, 0.4) is 0 Å². The van der Waals surface area contributed by atoms with Gasteiger partial charge in [0.2, 0.25) is 0 Å². The van der Waals surface area contributed by atoms with Gasteiger partial charge in [0.15, 0.2) is 0 Å². The molecule has 0 bridgehead atoms. The smallest absolute Gasteiger partial charge is 0.329 e. The maximum absolute atomic E-state index is 12.9. The van der Waals surface area contributed by atoms with E-state index in [1.807, 2.05) is 86.6 Å². The van der Waals surface area contributed by atoms with Crippen molar-refractivity contribution in [1.82, 2.24) is 10.2 Å². The van der Waals surface area contributed by atoms with Crippen LogP contribution in [0.2, 0.25) is 0 Å². The molecule has 0 atom stereocenters. The number of imide groups is 1. The van der Waals surface area contributed by atoms with Crippen molar-refractivity contribution < 1.29 is 14.3 Å². The molecule has 0 radical (unpaired) electrons. The van der Waals surface area contributed by atoms with Gasteiger partial charge in [-0.15, -0.1) is 0 Å². The zero-order valence-corrected chi connectivity index (χ0v) is 17.6. The van der Waals surface area contributed by atoms with Gasteiger partial charge in [-0.05, 0) is 37.1 Å². The van der Waals surface area contributed by atoms with Crippen LogP contribution in [0.15, 0.2) is 78.5 Å². The van der Waals surface area contributed by atoms with Gasteiger partial charge in [0.1, 0.15) is 18.1 Å². The topological polar surface area (TPSA) is 58.6 Å². The third kappa shape index (κ3) is 4.83. The van der Waals surface area contributed by atoms with E-state index in [2.05, 4.69) is 5.32 Å². The van der Waals surface area contributed by atoms with E-state index < -0.39 is 6.03 Å². The van der Waals surface area contributed by atoms with Crippen LogP contribution in [0, 0.1) is 13.8 Å². The molecular weight excluding hydrogens is 388 g/mol. The average Bonchev–Trinajstić information content (AvgIpc) is 3.02. The van der Waals surface area contributed by atoms with Crippen molar-refractivity contribution in [1.29, 1.82) is 0 Å². The van der Waals surface area contributed by atoms with Gasteiger partial charge < -0.3 is 10.1 Å². The number of benzene rings is 3. The van der Waals surface area contributed by atoms with E-state index in [-0.39, 0.29) is 18.1 Å². The van der Waals surface area contributed by atoms with Gasteiger partial charge in [-0.2, -0.15) is 0 Å². The molecule has 0 saturated carbocycles. The first-order valence-corrected chi connectivity index (χ1v) is 10.2. The lowest BCUT2D eigenvalue weighted by Gasteiger charge is -2.12. The van der Waals surface area contributed by atoms with Crippen LogP contribution in [-0.4, -0.2) is 16.8 Å². The quantitative estimate of drug-likeness (QED) is 0.459. The summed E-state index contributed by atoms with van der Waals surface area (Å²) >= 11 is 0. The van der Waals surface area contributed by atoms with Crippen LogP contribution in [0.25, 0.3) is 6.08 Å². The normalized spacial score (nSPS) is 14.8. The van der Waals surface area contributed by atoms with E-state index in [0.29, 0.717) is 12.4 Å². The fourth-order valence-corrected chi connectivity index (χ4v) is 3.44. The Kier molecular flexibility index (Phi) is 5.85. The molecule has 1 N–H and O–H groups in total. The molecule has 0 aliphatic carbocycles. The summed E-state index contributed by atoms with van der Waals surface area (Å²) in [7, 11) is 0. The summed E-state index contributed by atoms with van der Waals surface area (Å²) in [4.78, 5) is 26.5. The number of amides is 3. The van der Waals surface area contributed by atoms with Gasteiger partial charge in [0, 0.05) is 5.56 Å². The SMILES string of the molecule is Cc1ccc(COc2ccccc2/C=C2/NC(=O)N(Cc3cccc(C)c3)C2=O)cc1.